The van der Waals surface area contributed by atoms with Crippen LogP contribution in [-0.4, -0.2) is 17.9 Å². The Morgan fingerprint density at radius 1 is 1.11 bits per heavy atom. The number of ketones is 1. The van der Waals surface area contributed by atoms with Gasteiger partial charge in [-0.2, -0.15) is 0 Å². The lowest BCUT2D eigenvalue weighted by Gasteiger charge is -2.36. The highest BCUT2D eigenvalue weighted by atomic mass is 79.9. The third kappa shape index (κ3) is 1.85. The van der Waals surface area contributed by atoms with Crippen molar-refractivity contribution in [1.82, 2.24) is 0 Å². The molecule has 2 nitrogen and oxygen atoms in total. The minimum absolute atomic E-state index is 0.0723. The summed E-state index contributed by atoms with van der Waals surface area (Å²) in [6.45, 7) is 0. The molecular formula is C13H12BrF2NO. The van der Waals surface area contributed by atoms with E-state index in [4.69, 9.17) is 0 Å². The van der Waals surface area contributed by atoms with E-state index < -0.39 is 11.6 Å². The molecular weight excluding hydrogens is 304 g/mol. The summed E-state index contributed by atoms with van der Waals surface area (Å²) in [7, 11) is 0. The fourth-order valence-electron chi connectivity index (χ4n) is 3.07. The lowest BCUT2D eigenvalue weighted by molar-refractivity contribution is -0.120. The molecule has 2 bridgehead atoms. The maximum atomic E-state index is 13.9. The van der Waals surface area contributed by atoms with Gasteiger partial charge in [0, 0.05) is 31.0 Å². The molecule has 2 saturated heterocycles. The van der Waals surface area contributed by atoms with E-state index in [1.807, 2.05) is 4.90 Å². The third-order valence-electron chi connectivity index (χ3n) is 3.81. The van der Waals surface area contributed by atoms with Gasteiger partial charge in [-0.15, -0.1) is 0 Å². The zero-order chi connectivity index (χ0) is 12.9. The number of carbonyl (C=O) groups is 1. The lowest BCUT2D eigenvalue weighted by atomic mass is 10.0. The van der Waals surface area contributed by atoms with Gasteiger partial charge in [0.1, 0.15) is 17.4 Å². The molecule has 2 fully saturated rings. The maximum Gasteiger partial charge on any atom is 0.149 e. The van der Waals surface area contributed by atoms with Crippen LogP contribution in [-0.2, 0) is 4.79 Å². The molecule has 2 aliphatic heterocycles. The normalized spacial score (nSPS) is 26.8. The van der Waals surface area contributed by atoms with E-state index in [0.29, 0.717) is 18.5 Å². The third-order valence-corrected chi connectivity index (χ3v) is 4.42. The minimum atomic E-state index is -0.600. The molecule has 18 heavy (non-hydrogen) atoms. The quantitative estimate of drug-likeness (QED) is 0.740. The SMILES string of the molecule is O=C1CC2CCC(C1)N2c1cc(Br)c(F)cc1F. The topological polar surface area (TPSA) is 20.3 Å². The van der Waals surface area contributed by atoms with Crippen LogP contribution in [0.3, 0.4) is 0 Å². The van der Waals surface area contributed by atoms with Crippen LogP contribution in [0, 0.1) is 11.6 Å². The first-order valence-electron chi connectivity index (χ1n) is 6.01. The molecule has 1 aromatic carbocycles. The summed E-state index contributed by atoms with van der Waals surface area (Å²) in [6, 6.07) is 2.52. The molecule has 96 valence electrons. The van der Waals surface area contributed by atoms with Crippen molar-refractivity contribution in [3.05, 3.63) is 28.2 Å². The van der Waals surface area contributed by atoms with Gasteiger partial charge >= 0.3 is 0 Å². The number of benzene rings is 1. The molecule has 2 heterocycles. The predicted molar refractivity (Wildman–Crippen MR) is 67.6 cm³/mol. The smallest absolute Gasteiger partial charge is 0.149 e. The van der Waals surface area contributed by atoms with Crippen LogP contribution >= 0.6 is 15.9 Å². The number of piperidine rings is 1. The Kier molecular flexibility index (Phi) is 2.88. The van der Waals surface area contributed by atoms with Crippen LogP contribution in [0.25, 0.3) is 0 Å². The van der Waals surface area contributed by atoms with Crippen molar-refractivity contribution < 1.29 is 13.6 Å². The van der Waals surface area contributed by atoms with Crippen LogP contribution in [0.5, 0.6) is 0 Å². The number of hydrogen-bond acceptors (Lipinski definition) is 2. The van der Waals surface area contributed by atoms with Crippen LogP contribution in [0.2, 0.25) is 0 Å². The number of anilines is 1. The first kappa shape index (κ1) is 12.1. The van der Waals surface area contributed by atoms with Crippen molar-refractivity contribution in [3.8, 4) is 0 Å². The monoisotopic (exact) mass is 315 g/mol. The zero-order valence-corrected chi connectivity index (χ0v) is 11.2. The number of hydrogen-bond donors (Lipinski definition) is 0. The van der Waals surface area contributed by atoms with Crippen molar-refractivity contribution in [1.29, 1.82) is 0 Å². The number of rotatable bonds is 1. The summed E-state index contributed by atoms with van der Waals surface area (Å²) in [5.74, 6) is -0.904. The Bertz CT molecular complexity index is 504. The number of fused-ring (bicyclic) bond motifs is 2. The number of halogens is 3. The Balaban J connectivity index is 2.01. The second-order valence-electron chi connectivity index (χ2n) is 4.96. The van der Waals surface area contributed by atoms with Gasteiger partial charge in [-0.3, -0.25) is 4.79 Å². The Hall–Kier alpha value is -0.970. The molecule has 0 aliphatic carbocycles. The summed E-state index contributed by atoms with van der Waals surface area (Å²) in [5, 5.41) is 0. The van der Waals surface area contributed by atoms with Crippen molar-refractivity contribution in [2.75, 3.05) is 4.90 Å². The summed E-state index contributed by atoms with van der Waals surface area (Å²) >= 11 is 3.08. The summed E-state index contributed by atoms with van der Waals surface area (Å²) in [6.07, 6.45) is 2.77. The predicted octanol–water partition coefficient (Wildman–Crippen LogP) is 3.43. The average molecular weight is 316 g/mol. The highest BCUT2D eigenvalue weighted by Gasteiger charge is 2.41. The second kappa shape index (κ2) is 4.30. The molecule has 0 amide bonds. The molecule has 2 aliphatic rings. The van der Waals surface area contributed by atoms with Gasteiger partial charge < -0.3 is 4.90 Å². The van der Waals surface area contributed by atoms with Gasteiger partial charge in [-0.1, -0.05) is 0 Å². The fourth-order valence-corrected chi connectivity index (χ4v) is 3.41. The van der Waals surface area contributed by atoms with Crippen LogP contribution in [0.1, 0.15) is 25.7 Å². The largest absolute Gasteiger partial charge is 0.362 e. The average Bonchev–Trinajstić information content (AvgIpc) is 2.56. The maximum absolute atomic E-state index is 13.9. The van der Waals surface area contributed by atoms with Crippen molar-refractivity contribution in [2.24, 2.45) is 0 Å². The minimum Gasteiger partial charge on any atom is -0.362 e. The van der Waals surface area contributed by atoms with E-state index in [1.54, 1.807) is 0 Å². The van der Waals surface area contributed by atoms with Gasteiger partial charge in [0.05, 0.1) is 10.2 Å². The van der Waals surface area contributed by atoms with Crippen molar-refractivity contribution in [3.63, 3.8) is 0 Å². The van der Waals surface area contributed by atoms with E-state index in [1.165, 1.54) is 6.07 Å². The van der Waals surface area contributed by atoms with Crippen LogP contribution in [0.15, 0.2) is 16.6 Å². The van der Waals surface area contributed by atoms with E-state index >= 15 is 0 Å². The first-order valence-corrected chi connectivity index (χ1v) is 6.80. The number of Topliss-reactive ketones (excluding diaryl/α,β-unsaturated/α-hetero) is 1. The Morgan fingerprint density at radius 2 is 1.72 bits per heavy atom. The van der Waals surface area contributed by atoms with Gasteiger partial charge in [-0.05, 0) is 34.8 Å². The zero-order valence-electron chi connectivity index (χ0n) is 9.63. The first-order chi connectivity index (χ1) is 8.56. The molecule has 0 saturated carbocycles. The Morgan fingerprint density at radius 3 is 2.33 bits per heavy atom. The lowest BCUT2D eigenvalue weighted by Crippen LogP contribution is -2.43. The second-order valence-corrected chi connectivity index (χ2v) is 5.81. The van der Waals surface area contributed by atoms with E-state index in [9.17, 15) is 13.6 Å². The molecule has 5 heteroatoms. The van der Waals surface area contributed by atoms with Gasteiger partial charge in [-0.25, -0.2) is 8.78 Å². The molecule has 0 N–H and O–H groups in total. The summed E-state index contributed by atoms with van der Waals surface area (Å²) in [5.41, 5.74) is 0.406. The van der Waals surface area contributed by atoms with Crippen molar-refractivity contribution >= 4 is 27.4 Å². The standard InChI is InChI=1S/C13H12BrF2NO/c14-10-5-13(12(16)6-11(10)15)17-7-1-2-8(17)4-9(18)3-7/h5-8H,1-4H2. The van der Waals surface area contributed by atoms with Gasteiger partial charge in [0.2, 0.25) is 0 Å². The molecule has 0 radical (unpaired) electrons. The molecule has 0 spiro atoms. The highest BCUT2D eigenvalue weighted by molar-refractivity contribution is 9.10. The molecule has 0 aromatic heterocycles. The van der Waals surface area contributed by atoms with Crippen molar-refractivity contribution in [2.45, 2.75) is 37.8 Å². The van der Waals surface area contributed by atoms with E-state index in [2.05, 4.69) is 15.9 Å². The van der Waals surface area contributed by atoms with Gasteiger partial charge in [0.15, 0.2) is 0 Å². The summed E-state index contributed by atoms with van der Waals surface area (Å²) < 4.78 is 27.4. The molecule has 1 aromatic rings. The van der Waals surface area contributed by atoms with E-state index in [0.717, 1.165) is 18.9 Å². The fraction of sp³-hybridized carbons (Fsp3) is 0.462. The molecule has 2 unspecified atom stereocenters. The van der Waals surface area contributed by atoms with Crippen LogP contribution in [0.4, 0.5) is 14.5 Å². The van der Waals surface area contributed by atoms with Gasteiger partial charge in [0.25, 0.3) is 0 Å². The number of carbonyl (C=O) groups excluding carboxylic acids is 1. The summed E-state index contributed by atoms with van der Waals surface area (Å²) in [4.78, 5) is 13.5. The number of nitrogens with zero attached hydrogens (tertiary/aromatic N) is 1. The van der Waals surface area contributed by atoms with Crippen LogP contribution < -0.4 is 4.90 Å². The molecule has 2 atom stereocenters. The molecule has 3 rings (SSSR count). The van der Waals surface area contributed by atoms with E-state index in [-0.39, 0.29) is 22.3 Å². The Labute approximate surface area is 112 Å². The highest BCUT2D eigenvalue weighted by Crippen LogP contribution is 2.40.